The Morgan fingerprint density at radius 3 is 2.45 bits per heavy atom. The monoisotopic (exact) mass is 396 g/mol. The molecule has 0 aliphatic heterocycles. The van der Waals surface area contributed by atoms with Crippen LogP contribution in [0.1, 0.15) is 5.56 Å². The molecule has 4 aromatic rings. The van der Waals surface area contributed by atoms with E-state index in [9.17, 15) is 18.0 Å². The van der Waals surface area contributed by atoms with E-state index < -0.39 is 17.8 Å². The van der Waals surface area contributed by atoms with Crippen LogP contribution in [0.5, 0.6) is 0 Å². The van der Waals surface area contributed by atoms with E-state index in [1.54, 1.807) is 18.3 Å². The number of anilines is 2. The zero-order valence-corrected chi connectivity index (χ0v) is 14.9. The van der Waals surface area contributed by atoms with Gasteiger partial charge >= 0.3 is 12.2 Å². The van der Waals surface area contributed by atoms with Crippen molar-refractivity contribution in [2.45, 2.75) is 6.18 Å². The van der Waals surface area contributed by atoms with Gasteiger partial charge in [-0.1, -0.05) is 18.2 Å². The van der Waals surface area contributed by atoms with Crippen molar-refractivity contribution in [3.8, 4) is 11.1 Å². The molecule has 0 saturated carbocycles. The number of rotatable bonds is 3. The van der Waals surface area contributed by atoms with Gasteiger partial charge in [-0.3, -0.25) is 0 Å². The van der Waals surface area contributed by atoms with Crippen LogP contribution in [0.2, 0.25) is 0 Å². The van der Waals surface area contributed by atoms with Crippen molar-refractivity contribution in [3.63, 3.8) is 0 Å². The van der Waals surface area contributed by atoms with Crippen LogP contribution in [0.4, 0.5) is 29.3 Å². The standard InChI is InChI=1S/C21H15F3N4O/c22-21(23,24)14-3-1-4-16(11-14)28-20(29)27-15-8-6-13(7-9-15)18-12-26-19-17(18)5-2-10-25-19/h1-12H,(H,25,26)(H2,27,28,29). The van der Waals surface area contributed by atoms with E-state index in [2.05, 4.69) is 20.6 Å². The number of pyridine rings is 1. The van der Waals surface area contributed by atoms with Crippen molar-refractivity contribution in [1.29, 1.82) is 0 Å². The first-order chi connectivity index (χ1) is 13.9. The maximum atomic E-state index is 12.8. The third-order valence-electron chi connectivity index (χ3n) is 4.35. The van der Waals surface area contributed by atoms with Crippen molar-refractivity contribution in [1.82, 2.24) is 9.97 Å². The molecule has 2 heterocycles. The third-order valence-corrected chi connectivity index (χ3v) is 4.35. The van der Waals surface area contributed by atoms with Crippen molar-refractivity contribution < 1.29 is 18.0 Å². The van der Waals surface area contributed by atoms with E-state index in [-0.39, 0.29) is 5.69 Å². The number of nitrogens with one attached hydrogen (secondary N) is 3. The Kier molecular flexibility index (Phi) is 4.67. The number of carbonyl (C=O) groups is 1. The van der Waals surface area contributed by atoms with Crippen molar-refractivity contribution in [3.05, 3.63) is 78.6 Å². The average Bonchev–Trinajstić information content (AvgIpc) is 3.12. The molecule has 0 fully saturated rings. The Balaban J connectivity index is 1.46. The minimum atomic E-state index is -4.47. The van der Waals surface area contributed by atoms with Gasteiger partial charge < -0.3 is 15.6 Å². The Bertz CT molecular complexity index is 1170. The van der Waals surface area contributed by atoms with E-state index in [4.69, 9.17) is 0 Å². The maximum absolute atomic E-state index is 12.8. The molecule has 0 unspecified atom stereocenters. The van der Waals surface area contributed by atoms with Gasteiger partial charge in [-0.05, 0) is 48.0 Å². The molecule has 5 nitrogen and oxygen atoms in total. The van der Waals surface area contributed by atoms with Crippen LogP contribution in [0, 0.1) is 0 Å². The highest BCUT2D eigenvalue weighted by Crippen LogP contribution is 2.31. The van der Waals surface area contributed by atoms with Crippen LogP contribution in [-0.2, 0) is 6.18 Å². The molecule has 29 heavy (non-hydrogen) atoms. The van der Waals surface area contributed by atoms with Crippen molar-refractivity contribution >= 4 is 28.4 Å². The van der Waals surface area contributed by atoms with Gasteiger partial charge in [-0.2, -0.15) is 13.2 Å². The number of benzene rings is 2. The Hall–Kier alpha value is -3.81. The summed E-state index contributed by atoms with van der Waals surface area (Å²) < 4.78 is 38.3. The minimum absolute atomic E-state index is 0.0558. The zero-order valence-electron chi connectivity index (χ0n) is 14.9. The quantitative estimate of drug-likeness (QED) is 0.404. The lowest BCUT2D eigenvalue weighted by Gasteiger charge is -2.11. The van der Waals surface area contributed by atoms with Crippen LogP contribution in [0.25, 0.3) is 22.2 Å². The van der Waals surface area contributed by atoms with E-state index in [0.717, 1.165) is 34.3 Å². The fourth-order valence-electron chi connectivity index (χ4n) is 2.99. The summed E-state index contributed by atoms with van der Waals surface area (Å²) in [4.78, 5) is 19.5. The van der Waals surface area contributed by atoms with E-state index in [1.807, 2.05) is 30.5 Å². The molecule has 2 amide bonds. The van der Waals surface area contributed by atoms with Crippen LogP contribution < -0.4 is 10.6 Å². The number of hydrogen-bond acceptors (Lipinski definition) is 2. The number of carbonyl (C=O) groups excluding carboxylic acids is 1. The number of amides is 2. The summed E-state index contributed by atoms with van der Waals surface area (Å²) in [5, 5.41) is 5.99. The number of halogens is 3. The lowest BCUT2D eigenvalue weighted by molar-refractivity contribution is -0.137. The van der Waals surface area contributed by atoms with Gasteiger partial charge in [-0.15, -0.1) is 0 Å². The Labute approximate surface area is 163 Å². The Morgan fingerprint density at radius 2 is 1.69 bits per heavy atom. The molecule has 0 bridgehead atoms. The molecule has 0 aliphatic rings. The molecule has 0 atom stereocenters. The summed E-state index contributed by atoms with van der Waals surface area (Å²) in [6, 6.07) is 14.8. The molecular weight excluding hydrogens is 381 g/mol. The number of aromatic amines is 1. The van der Waals surface area contributed by atoms with Gasteiger partial charge in [0, 0.05) is 34.7 Å². The lowest BCUT2D eigenvalue weighted by Crippen LogP contribution is -2.19. The molecule has 8 heteroatoms. The molecule has 3 N–H and O–H groups in total. The normalized spacial score (nSPS) is 11.4. The second-order valence-electron chi connectivity index (χ2n) is 6.34. The Morgan fingerprint density at radius 1 is 0.931 bits per heavy atom. The number of nitrogens with zero attached hydrogens (tertiary/aromatic N) is 1. The molecule has 0 spiro atoms. The number of aromatic nitrogens is 2. The molecule has 2 aromatic heterocycles. The first-order valence-corrected chi connectivity index (χ1v) is 8.68. The second kappa shape index (κ2) is 7.31. The van der Waals surface area contributed by atoms with Crippen LogP contribution in [-0.4, -0.2) is 16.0 Å². The molecule has 146 valence electrons. The fourth-order valence-corrected chi connectivity index (χ4v) is 2.99. The molecule has 0 saturated heterocycles. The molecule has 4 rings (SSSR count). The summed E-state index contributed by atoms with van der Waals surface area (Å²) >= 11 is 0. The molecular formula is C21H15F3N4O. The summed E-state index contributed by atoms with van der Waals surface area (Å²) in [6.45, 7) is 0. The predicted molar refractivity (Wildman–Crippen MR) is 106 cm³/mol. The highest BCUT2D eigenvalue weighted by molar-refractivity contribution is 6.00. The summed E-state index contributed by atoms with van der Waals surface area (Å²) in [6.07, 6.45) is -0.902. The summed E-state index contributed by atoms with van der Waals surface area (Å²) in [7, 11) is 0. The number of H-pyrrole nitrogens is 1. The van der Waals surface area contributed by atoms with Crippen molar-refractivity contribution in [2.75, 3.05) is 10.6 Å². The molecule has 2 aromatic carbocycles. The lowest BCUT2D eigenvalue weighted by atomic mass is 10.1. The summed E-state index contributed by atoms with van der Waals surface area (Å²) in [5.41, 5.74) is 2.44. The zero-order chi connectivity index (χ0) is 20.4. The van der Waals surface area contributed by atoms with E-state index in [0.29, 0.717) is 5.69 Å². The van der Waals surface area contributed by atoms with E-state index in [1.165, 1.54) is 12.1 Å². The smallest absolute Gasteiger partial charge is 0.346 e. The van der Waals surface area contributed by atoms with Gasteiger partial charge in [-0.25, -0.2) is 9.78 Å². The van der Waals surface area contributed by atoms with Crippen LogP contribution in [0.15, 0.2) is 73.1 Å². The van der Waals surface area contributed by atoms with Gasteiger partial charge in [0.05, 0.1) is 5.56 Å². The minimum Gasteiger partial charge on any atom is -0.346 e. The van der Waals surface area contributed by atoms with Gasteiger partial charge in [0.25, 0.3) is 0 Å². The van der Waals surface area contributed by atoms with Crippen LogP contribution >= 0.6 is 0 Å². The van der Waals surface area contributed by atoms with Crippen LogP contribution in [0.3, 0.4) is 0 Å². The molecule has 0 aliphatic carbocycles. The first-order valence-electron chi connectivity index (χ1n) is 8.68. The number of alkyl halides is 3. The van der Waals surface area contributed by atoms with Gasteiger partial charge in [0.15, 0.2) is 0 Å². The first kappa shape index (κ1) is 18.5. The fraction of sp³-hybridized carbons (Fsp3) is 0.0476. The highest BCUT2D eigenvalue weighted by Gasteiger charge is 2.30. The second-order valence-corrected chi connectivity index (χ2v) is 6.34. The SMILES string of the molecule is O=C(Nc1ccc(-c2c[nH]c3ncccc23)cc1)Nc1cccc(C(F)(F)F)c1. The predicted octanol–water partition coefficient (Wildman–Crippen LogP) is 5.89. The number of urea groups is 1. The average molecular weight is 396 g/mol. The third kappa shape index (κ3) is 4.06. The van der Waals surface area contributed by atoms with E-state index >= 15 is 0 Å². The maximum Gasteiger partial charge on any atom is 0.416 e. The van der Waals surface area contributed by atoms with Crippen molar-refractivity contribution in [2.24, 2.45) is 0 Å². The van der Waals surface area contributed by atoms with Gasteiger partial charge in [0.1, 0.15) is 5.65 Å². The number of fused-ring (bicyclic) bond motifs is 1. The topological polar surface area (TPSA) is 69.8 Å². The van der Waals surface area contributed by atoms with Gasteiger partial charge in [0.2, 0.25) is 0 Å². The largest absolute Gasteiger partial charge is 0.416 e. The molecule has 0 radical (unpaired) electrons. The summed E-state index contributed by atoms with van der Waals surface area (Å²) in [5.74, 6) is 0. The highest BCUT2D eigenvalue weighted by atomic mass is 19.4. The number of hydrogen-bond donors (Lipinski definition) is 3.